The SMILES string of the molecule is CC(NC(=O)/C=C/c1ccccc1)C(=O)NCC(C)(C)N1CCCCC1. The number of hydrogen-bond acceptors (Lipinski definition) is 3. The van der Waals surface area contributed by atoms with Gasteiger partial charge in [0.2, 0.25) is 11.8 Å². The Labute approximate surface area is 156 Å². The molecular weight excluding hydrogens is 326 g/mol. The van der Waals surface area contributed by atoms with E-state index in [0.717, 1.165) is 18.7 Å². The van der Waals surface area contributed by atoms with Crippen LogP contribution in [0.3, 0.4) is 0 Å². The summed E-state index contributed by atoms with van der Waals surface area (Å²) < 4.78 is 0. The van der Waals surface area contributed by atoms with E-state index in [4.69, 9.17) is 0 Å². The van der Waals surface area contributed by atoms with Crippen LogP contribution in [0, 0.1) is 0 Å². The van der Waals surface area contributed by atoms with Gasteiger partial charge < -0.3 is 10.6 Å². The van der Waals surface area contributed by atoms with E-state index < -0.39 is 6.04 Å². The van der Waals surface area contributed by atoms with E-state index in [1.165, 1.54) is 25.3 Å². The summed E-state index contributed by atoms with van der Waals surface area (Å²) in [7, 11) is 0. The first-order valence-corrected chi connectivity index (χ1v) is 9.45. The molecule has 2 amide bonds. The van der Waals surface area contributed by atoms with Crippen molar-refractivity contribution >= 4 is 17.9 Å². The molecule has 0 radical (unpaired) electrons. The maximum Gasteiger partial charge on any atom is 0.244 e. The molecule has 2 N–H and O–H groups in total. The molecule has 142 valence electrons. The number of amides is 2. The number of piperidine rings is 1. The topological polar surface area (TPSA) is 61.4 Å². The molecule has 1 atom stereocenters. The zero-order valence-corrected chi connectivity index (χ0v) is 16.1. The minimum absolute atomic E-state index is 0.0764. The van der Waals surface area contributed by atoms with Crippen molar-refractivity contribution in [1.29, 1.82) is 0 Å². The highest BCUT2D eigenvalue weighted by Gasteiger charge is 2.28. The van der Waals surface area contributed by atoms with E-state index in [9.17, 15) is 9.59 Å². The molecule has 1 saturated heterocycles. The van der Waals surface area contributed by atoms with Gasteiger partial charge in [-0.1, -0.05) is 36.8 Å². The van der Waals surface area contributed by atoms with Gasteiger partial charge >= 0.3 is 0 Å². The van der Waals surface area contributed by atoms with Gasteiger partial charge in [-0.3, -0.25) is 14.5 Å². The monoisotopic (exact) mass is 357 g/mol. The van der Waals surface area contributed by atoms with Crippen LogP contribution in [0.2, 0.25) is 0 Å². The average Bonchev–Trinajstić information content (AvgIpc) is 2.66. The van der Waals surface area contributed by atoms with E-state index in [0.29, 0.717) is 6.54 Å². The normalized spacial score (nSPS) is 17.0. The zero-order valence-electron chi connectivity index (χ0n) is 16.1. The van der Waals surface area contributed by atoms with E-state index in [-0.39, 0.29) is 17.4 Å². The van der Waals surface area contributed by atoms with Gasteiger partial charge in [0.1, 0.15) is 6.04 Å². The quantitative estimate of drug-likeness (QED) is 0.738. The number of rotatable bonds is 7. The number of carbonyl (C=O) groups excluding carboxylic acids is 2. The third-order valence-electron chi connectivity index (χ3n) is 4.89. The summed E-state index contributed by atoms with van der Waals surface area (Å²) in [6.45, 7) is 8.76. The molecule has 0 saturated carbocycles. The number of benzene rings is 1. The number of nitrogens with one attached hydrogen (secondary N) is 2. The molecular formula is C21H31N3O2. The predicted molar refractivity (Wildman–Crippen MR) is 106 cm³/mol. The molecule has 0 bridgehead atoms. The van der Waals surface area contributed by atoms with Gasteiger partial charge in [-0.15, -0.1) is 0 Å². The fraction of sp³-hybridized carbons (Fsp3) is 0.524. The zero-order chi connectivity index (χ0) is 19.0. The van der Waals surface area contributed by atoms with E-state index in [1.807, 2.05) is 30.3 Å². The van der Waals surface area contributed by atoms with Crippen LogP contribution in [0.4, 0.5) is 0 Å². The van der Waals surface area contributed by atoms with Crippen molar-refractivity contribution < 1.29 is 9.59 Å². The fourth-order valence-corrected chi connectivity index (χ4v) is 3.13. The van der Waals surface area contributed by atoms with Crippen LogP contribution < -0.4 is 10.6 Å². The molecule has 1 fully saturated rings. The summed E-state index contributed by atoms with van der Waals surface area (Å²) in [5.74, 6) is -0.427. The van der Waals surface area contributed by atoms with Gasteiger partial charge in [0, 0.05) is 18.2 Å². The lowest BCUT2D eigenvalue weighted by Gasteiger charge is -2.41. The van der Waals surface area contributed by atoms with Gasteiger partial charge in [0.05, 0.1) is 0 Å². The minimum Gasteiger partial charge on any atom is -0.352 e. The molecule has 0 spiro atoms. The Morgan fingerprint density at radius 2 is 1.81 bits per heavy atom. The van der Waals surface area contributed by atoms with Crippen LogP contribution in [0.25, 0.3) is 6.08 Å². The molecule has 5 nitrogen and oxygen atoms in total. The molecule has 5 heteroatoms. The predicted octanol–water partition coefficient (Wildman–Crippen LogP) is 2.59. The van der Waals surface area contributed by atoms with Crippen LogP contribution in [-0.2, 0) is 9.59 Å². The van der Waals surface area contributed by atoms with Crippen molar-refractivity contribution in [2.75, 3.05) is 19.6 Å². The van der Waals surface area contributed by atoms with Crippen molar-refractivity contribution in [3.05, 3.63) is 42.0 Å². The standard InChI is InChI=1S/C21H31N3O2/c1-17(23-19(25)13-12-18-10-6-4-7-11-18)20(26)22-16-21(2,3)24-14-8-5-9-15-24/h4,6-7,10-13,17H,5,8-9,14-16H2,1-3H3,(H,22,26)(H,23,25)/b13-12+. The summed E-state index contributed by atoms with van der Waals surface area (Å²) in [4.78, 5) is 26.7. The second-order valence-corrected chi connectivity index (χ2v) is 7.55. The number of carbonyl (C=O) groups is 2. The van der Waals surface area contributed by atoms with Gasteiger partial charge in [0.25, 0.3) is 0 Å². The summed E-state index contributed by atoms with van der Waals surface area (Å²) in [6.07, 6.45) is 6.92. The van der Waals surface area contributed by atoms with Gasteiger partial charge in [-0.05, 0) is 58.3 Å². The highest BCUT2D eigenvalue weighted by atomic mass is 16.2. The van der Waals surface area contributed by atoms with E-state index in [2.05, 4.69) is 29.4 Å². The Bertz CT molecular complexity index is 619. The molecule has 1 aromatic carbocycles. The fourth-order valence-electron chi connectivity index (χ4n) is 3.13. The minimum atomic E-state index is -0.569. The van der Waals surface area contributed by atoms with Gasteiger partial charge in [0.15, 0.2) is 0 Å². The molecule has 1 unspecified atom stereocenters. The lowest BCUT2D eigenvalue weighted by Crippen LogP contribution is -2.55. The number of nitrogens with zero attached hydrogens (tertiary/aromatic N) is 1. The molecule has 0 aliphatic carbocycles. The van der Waals surface area contributed by atoms with E-state index in [1.54, 1.807) is 13.0 Å². The lowest BCUT2D eigenvalue weighted by molar-refractivity contribution is -0.127. The maximum atomic E-state index is 12.3. The second kappa shape index (κ2) is 9.53. The highest BCUT2D eigenvalue weighted by molar-refractivity contribution is 5.95. The first-order chi connectivity index (χ1) is 12.4. The second-order valence-electron chi connectivity index (χ2n) is 7.55. The maximum absolute atomic E-state index is 12.3. The largest absolute Gasteiger partial charge is 0.352 e. The van der Waals surface area contributed by atoms with Crippen molar-refractivity contribution in [1.82, 2.24) is 15.5 Å². The Morgan fingerprint density at radius 3 is 2.46 bits per heavy atom. The van der Waals surface area contributed by atoms with Crippen LogP contribution in [0.1, 0.15) is 45.6 Å². The van der Waals surface area contributed by atoms with E-state index >= 15 is 0 Å². The number of likely N-dealkylation sites (tertiary alicyclic amines) is 1. The summed E-state index contributed by atoms with van der Waals surface area (Å²) in [6, 6.07) is 9.02. The summed E-state index contributed by atoms with van der Waals surface area (Å²) in [5, 5.41) is 5.69. The van der Waals surface area contributed by atoms with Gasteiger partial charge in [-0.25, -0.2) is 0 Å². The third kappa shape index (κ3) is 6.30. The number of hydrogen-bond donors (Lipinski definition) is 2. The first-order valence-electron chi connectivity index (χ1n) is 9.45. The Hall–Kier alpha value is -2.14. The van der Waals surface area contributed by atoms with Gasteiger partial charge in [-0.2, -0.15) is 0 Å². The van der Waals surface area contributed by atoms with Crippen LogP contribution >= 0.6 is 0 Å². The molecule has 1 aromatic rings. The Morgan fingerprint density at radius 1 is 1.15 bits per heavy atom. The molecule has 1 heterocycles. The third-order valence-corrected chi connectivity index (χ3v) is 4.89. The molecule has 2 rings (SSSR count). The lowest BCUT2D eigenvalue weighted by atomic mass is 9.98. The summed E-state index contributed by atoms with van der Waals surface area (Å²) >= 11 is 0. The Kier molecular flexibility index (Phi) is 7.39. The Balaban J connectivity index is 1.77. The molecule has 0 aromatic heterocycles. The highest BCUT2D eigenvalue weighted by Crippen LogP contribution is 2.19. The molecule has 1 aliphatic heterocycles. The van der Waals surface area contributed by atoms with Crippen LogP contribution in [0.5, 0.6) is 0 Å². The van der Waals surface area contributed by atoms with Crippen molar-refractivity contribution in [2.24, 2.45) is 0 Å². The summed E-state index contributed by atoms with van der Waals surface area (Å²) in [5.41, 5.74) is 0.871. The average molecular weight is 357 g/mol. The van der Waals surface area contributed by atoms with Crippen molar-refractivity contribution in [3.63, 3.8) is 0 Å². The van der Waals surface area contributed by atoms with Crippen LogP contribution in [0.15, 0.2) is 36.4 Å². The molecule has 26 heavy (non-hydrogen) atoms. The van der Waals surface area contributed by atoms with Crippen LogP contribution in [-0.4, -0.2) is 47.9 Å². The molecule has 1 aliphatic rings. The first kappa shape index (κ1) is 20.2. The van der Waals surface area contributed by atoms with Crippen molar-refractivity contribution in [3.8, 4) is 0 Å². The smallest absolute Gasteiger partial charge is 0.244 e. The van der Waals surface area contributed by atoms with Crippen molar-refractivity contribution in [2.45, 2.75) is 51.6 Å².